The summed E-state index contributed by atoms with van der Waals surface area (Å²) in [5.41, 5.74) is -0.129. The van der Waals surface area contributed by atoms with Crippen molar-refractivity contribution >= 4 is 27.6 Å². The molecule has 2 N–H and O–H groups in total. The number of sulfonamides is 1. The van der Waals surface area contributed by atoms with Crippen LogP contribution < -0.4 is 10.1 Å². The van der Waals surface area contributed by atoms with Gasteiger partial charge in [0.05, 0.1) is 19.9 Å². The van der Waals surface area contributed by atoms with E-state index in [-0.39, 0.29) is 27.5 Å². The van der Waals surface area contributed by atoms with Crippen LogP contribution in [0.3, 0.4) is 0 Å². The first kappa shape index (κ1) is 21.2. The van der Waals surface area contributed by atoms with Crippen molar-refractivity contribution in [3.63, 3.8) is 0 Å². The third-order valence-corrected chi connectivity index (χ3v) is 5.71. The first-order valence-corrected chi connectivity index (χ1v) is 9.39. The molecular formula is C18H20N2O7S. The highest BCUT2D eigenvalue weighted by Gasteiger charge is 2.24. The van der Waals surface area contributed by atoms with Crippen LogP contribution in [0.2, 0.25) is 0 Å². The molecule has 1 amide bonds. The molecule has 9 nitrogen and oxygen atoms in total. The number of benzene rings is 2. The van der Waals surface area contributed by atoms with Crippen LogP contribution in [-0.2, 0) is 14.8 Å². The fourth-order valence-corrected chi connectivity index (χ4v) is 3.40. The second-order valence-corrected chi connectivity index (χ2v) is 7.92. The molecule has 2 aromatic rings. The SMILES string of the molecule is COC(=O)c1cccc(NC(=O)c2ccc(OC)c(S(=O)(=O)N(C)C)c2)c1O. The third-order valence-electron chi connectivity index (χ3n) is 3.87. The Labute approximate surface area is 162 Å². The van der Waals surface area contributed by atoms with Crippen LogP contribution in [0.5, 0.6) is 11.5 Å². The van der Waals surface area contributed by atoms with E-state index < -0.39 is 27.6 Å². The van der Waals surface area contributed by atoms with E-state index >= 15 is 0 Å². The number of esters is 1. The van der Waals surface area contributed by atoms with Gasteiger partial charge in [-0.3, -0.25) is 4.79 Å². The Bertz CT molecular complexity index is 1020. The molecule has 10 heteroatoms. The van der Waals surface area contributed by atoms with Crippen molar-refractivity contribution in [3.05, 3.63) is 47.5 Å². The number of carbonyl (C=O) groups is 2. The maximum atomic E-state index is 12.6. The van der Waals surface area contributed by atoms with Gasteiger partial charge >= 0.3 is 5.97 Å². The van der Waals surface area contributed by atoms with Crippen molar-refractivity contribution in [2.75, 3.05) is 33.6 Å². The number of aromatic hydroxyl groups is 1. The van der Waals surface area contributed by atoms with Crippen LogP contribution in [0.4, 0.5) is 5.69 Å². The number of nitrogens with zero attached hydrogens (tertiary/aromatic N) is 1. The number of hydrogen-bond donors (Lipinski definition) is 2. The van der Waals surface area contributed by atoms with Gasteiger partial charge in [-0.05, 0) is 30.3 Å². The minimum Gasteiger partial charge on any atom is -0.505 e. The van der Waals surface area contributed by atoms with E-state index in [4.69, 9.17) is 4.74 Å². The molecular weight excluding hydrogens is 388 g/mol. The molecule has 2 aromatic carbocycles. The Morgan fingerprint density at radius 2 is 1.79 bits per heavy atom. The van der Waals surface area contributed by atoms with Crippen LogP contribution in [0.1, 0.15) is 20.7 Å². The maximum absolute atomic E-state index is 12.6. The van der Waals surface area contributed by atoms with Gasteiger partial charge in [0.15, 0.2) is 5.75 Å². The Hall–Kier alpha value is -3.11. The van der Waals surface area contributed by atoms with Crippen LogP contribution >= 0.6 is 0 Å². The van der Waals surface area contributed by atoms with Gasteiger partial charge in [-0.1, -0.05) is 6.07 Å². The molecule has 0 saturated carbocycles. The molecule has 0 aliphatic carbocycles. The number of anilines is 1. The summed E-state index contributed by atoms with van der Waals surface area (Å²) in [6.45, 7) is 0. The fraction of sp³-hybridized carbons (Fsp3) is 0.222. The van der Waals surface area contributed by atoms with Crippen LogP contribution in [-0.4, -0.2) is 58.0 Å². The predicted octanol–water partition coefficient (Wildman–Crippen LogP) is 1.69. The lowest BCUT2D eigenvalue weighted by Crippen LogP contribution is -2.23. The van der Waals surface area contributed by atoms with Crippen molar-refractivity contribution < 1.29 is 32.6 Å². The first-order valence-electron chi connectivity index (χ1n) is 7.95. The number of methoxy groups -OCH3 is 2. The van der Waals surface area contributed by atoms with Gasteiger partial charge in [-0.25, -0.2) is 17.5 Å². The average molecular weight is 408 g/mol. The summed E-state index contributed by atoms with van der Waals surface area (Å²) < 4.78 is 35.6. The first-order chi connectivity index (χ1) is 13.1. The van der Waals surface area contributed by atoms with Gasteiger partial charge in [-0.15, -0.1) is 0 Å². The molecule has 0 bridgehead atoms. The topological polar surface area (TPSA) is 122 Å². The van der Waals surface area contributed by atoms with Crippen LogP contribution in [0.15, 0.2) is 41.3 Å². The quantitative estimate of drug-likeness (QED) is 0.551. The number of nitrogens with one attached hydrogen (secondary N) is 1. The Kier molecular flexibility index (Phi) is 6.26. The Balaban J connectivity index is 2.43. The molecule has 0 radical (unpaired) electrons. The maximum Gasteiger partial charge on any atom is 0.341 e. The minimum atomic E-state index is -3.86. The average Bonchev–Trinajstić information content (AvgIpc) is 2.68. The van der Waals surface area contributed by atoms with Gasteiger partial charge in [0, 0.05) is 19.7 Å². The molecule has 0 atom stereocenters. The highest BCUT2D eigenvalue weighted by molar-refractivity contribution is 7.89. The van der Waals surface area contributed by atoms with E-state index in [9.17, 15) is 23.1 Å². The Morgan fingerprint density at radius 1 is 1.11 bits per heavy atom. The van der Waals surface area contributed by atoms with E-state index in [1.807, 2.05) is 0 Å². The molecule has 28 heavy (non-hydrogen) atoms. The summed E-state index contributed by atoms with van der Waals surface area (Å²) in [6.07, 6.45) is 0. The standard InChI is InChI=1S/C18H20N2O7S/c1-20(2)28(24,25)15-10-11(8-9-14(15)26-3)17(22)19-13-7-5-6-12(16(13)21)18(23)27-4/h5-10,21H,1-4H3,(H,19,22). The lowest BCUT2D eigenvalue weighted by molar-refractivity contribution is 0.0597. The van der Waals surface area contributed by atoms with Gasteiger partial charge < -0.3 is 19.9 Å². The van der Waals surface area contributed by atoms with Crippen LogP contribution in [0.25, 0.3) is 0 Å². The summed E-state index contributed by atoms with van der Waals surface area (Å²) >= 11 is 0. The predicted molar refractivity (Wildman–Crippen MR) is 101 cm³/mol. The van der Waals surface area contributed by atoms with Crippen LogP contribution in [0, 0.1) is 0 Å². The van der Waals surface area contributed by atoms with Crippen molar-refractivity contribution in [1.82, 2.24) is 4.31 Å². The van der Waals surface area contributed by atoms with Gasteiger partial charge in [-0.2, -0.15) is 0 Å². The number of phenols is 1. The molecule has 0 heterocycles. The highest BCUT2D eigenvalue weighted by Crippen LogP contribution is 2.30. The monoisotopic (exact) mass is 408 g/mol. The second-order valence-electron chi connectivity index (χ2n) is 5.80. The molecule has 0 saturated heterocycles. The molecule has 0 aliphatic heterocycles. The summed E-state index contributed by atoms with van der Waals surface area (Å²) in [7, 11) is 1.34. The largest absolute Gasteiger partial charge is 0.505 e. The van der Waals surface area contributed by atoms with Gasteiger partial charge in [0.1, 0.15) is 16.2 Å². The Morgan fingerprint density at radius 3 is 2.36 bits per heavy atom. The molecule has 0 unspecified atom stereocenters. The molecule has 150 valence electrons. The van der Waals surface area contributed by atoms with Crippen molar-refractivity contribution in [1.29, 1.82) is 0 Å². The van der Waals surface area contributed by atoms with Crippen molar-refractivity contribution in [2.45, 2.75) is 4.90 Å². The number of rotatable bonds is 6. The summed E-state index contributed by atoms with van der Waals surface area (Å²) in [5, 5.41) is 12.6. The number of phenolic OH excluding ortho intramolecular Hbond substituents is 1. The summed E-state index contributed by atoms with van der Waals surface area (Å²) in [6, 6.07) is 8.09. The van der Waals surface area contributed by atoms with E-state index in [1.165, 1.54) is 57.6 Å². The lowest BCUT2D eigenvalue weighted by atomic mass is 10.1. The third kappa shape index (κ3) is 4.07. The molecule has 0 aromatic heterocycles. The number of hydrogen-bond acceptors (Lipinski definition) is 7. The van der Waals surface area contributed by atoms with Gasteiger partial charge in [0.2, 0.25) is 10.0 Å². The van der Waals surface area contributed by atoms with E-state index in [0.29, 0.717) is 0 Å². The zero-order chi connectivity index (χ0) is 21.1. The normalized spacial score (nSPS) is 11.2. The summed E-state index contributed by atoms with van der Waals surface area (Å²) in [5.74, 6) is -1.83. The molecule has 2 rings (SSSR count). The second kappa shape index (κ2) is 8.28. The summed E-state index contributed by atoms with van der Waals surface area (Å²) in [4.78, 5) is 24.0. The van der Waals surface area contributed by atoms with E-state index in [1.54, 1.807) is 0 Å². The molecule has 0 aliphatic rings. The highest BCUT2D eigenvalue weighted by atomic mass is 32.2. The molecule has 0 spiro atoms. The van der Waals surface area contributed by atoms with E-state index in [2.05, 4.69) is 10.1 Å². The number of carbonyl (C=O) groups excluding carboxylic acids is 2. The number of ether oxygens (including phenoxy) is 2. The zero-order valence-corrected chi connectivity index (χ0v) is 16.5. The van der Waals surface area contributed by atoms with Crippen molar-refractivity contribution in [2.24, 2.45) is 0 Å². The van der Waals surface area contributed by atoms with Crippen molar-refractivity contribution in [3.8, 4) is 11.5 Å². The fourth-order valence-electron chi connectivity index (χ4n) is 2.33. The number of amides is 1. The lowest BCUT2D eigenvalue weighted by Gasteiger charge is -2.16. The zero-order valence-electron chi connectivity index (χ0n) is 15.7. The smallest absolute Gasteiger partial charge is 0.341 e. The molecule has 0 fully saturated rings. The minimum absolute atomic E-state index is 0.0177. The van der Waals surface area contributed by atoms with Gasteiger partial charge in [0.25, 0.3) is 5.91 Å². The number of para-hydroxylation sites is 1. The van der Waals surface area contributed by atoms with E-state index in [0.717, 1.165) is 11.4 Å².